The molecule has 0 bridgehead atoms. The highest BCUT2D eigenvalue weighted by Gasteiger charge is 2.09. The van der Waals surface area contributed by atoms with Gasteiger partial charge in [-0.3, -0.25) is 4.79 Å². The van der Waals surface area contributed by atoms with Crippen molar-refractivity contribution in [2.75, 3.05) is 11.9 Å². The summed E-state index contributed by atoms with van der Waals surface area (Å²) in [6.45, 7) is 5.10. The molecule has 0 atom stereocenters. The number of hydrogen-bond acceptors (Lipinski definition) is 4. The SMILES string of the molecule is CC(C)CCNC(=O)c1cc(NCc2ccccc2F)ncn1. The minimum atomic E-state index is -0.277. The van der Waals surface area contributed by atoms with Crippen LogP contribution in [0, 0.1) is 11.7 Å². The monoisotopic (exact) mass is 316 g/mol. The van der Waals surface area contributed by atoms with Crippen molar-refractivity contribution in [2.45, 2.75) is 26.8 Å². The van der Waals surface area contributed by atoms with Crippen molar-refractivity contribution in [3.8, 4) is 0 Å². The van der Waals surface area contributed by atoms with E-state index in [-0.39, 0.29) is 18.3 Å². The number of halogens is 1. The normalized spacial score (nSPS) is 10.6. The van der Waals surface area contributed by atoms with E-state index in [1.54, 1.807) is 24.3 Å². The molecule has 0 radical (unpaired) electrons. The lowest BCUT2D eigenvalue weighted by molar-refractivity contribution is 0.0947. The van der Waals surface area contributed by atoms with Crippen molar-refractivity contribution >= 4 is 11.7 Å². The van der Waals surface area contributed by atoms with Crippen LogP contribution in [0.2, 0.25) is 0 Å². The van der Waals surface area contributed by atoms with Gasteiger partial charge < -0.3 is 10.6 Å². The van der Waals surface area contributed by atoms with Gasteiger partial charge >= 0.3 is 0 Å². The lowest BCUT2D eigenvalue weighted by atomic mass is 10.1. The molecular formula is C17H21FN4O. The molecule has 122 valence electrons. The summed E-state index contributed by atoms with van der Waals surface area (Å²) in [6.07, 6.45) is 2.23. The molecule has 0 unspecified atom stereocenters. The standard InChI is InChI=1S/C17H21FN4O/c1-12(2)7-8-19-17(23)15-9-16(22-11-21-15)20-10-13-5-3-4-6-14(13)18/h3-6,9,11-12H,7-8,10H2,1-2H3,(H,19,23)(H,20,21,22). The molecule has 0 saturated carbocycles. The first kappa shape index (κ1) is 16.9. The molecule has 6 heteroatoms. The molecule has 23 heavy (non-hydrogen) atoms. The van der Waals surface area contributed by atoms with Crippen LogP contribution < -0.4 is 10.6 Å². The van der Waals surface area contributed by atoms with Gasteiger partial charge in [0.1, 0.15) is 23.7 Å². The molecule has 2 rings (SSSR count). The number of anilines is 1. The quantitative estimate of drug-likeness (QED) is 0.824. The van der Waals surface area contributed by atoms with Crippen LogP contribution in [0.3, 0.4) is 0 Å². The first-order chi connectivity index (χ1) is 11.1. The van der Waals surface area contributed by atoms with E-state index < -0.39 is 0 Å². The zero-order valence-electron chi connectivity index (χ0n) is 13.3. The molecule has 0 fully saturated rings. The van der Waals surface area contributed by atoms with Gasteiger partial charge in [-0.15, -0.1) is 0 Å². The number of benzene rings is 1. The van der Waals surface area contributed by atoms with E-state index in [1.165, 1.54) is 12.4 Å². The Morgan fingerprint density at radius 3 is 2.78 bits per heavy atom. The summed E-state index contributed by atoms with van der Waals surface area (Å²) in [4.78, 5) is 20.0. The summed E-state index contributed by atoms with van der Waals surface area (Å²) in [7, 11) is 0. The van der Waals surface area contributed by atoms with Gasteiger partial charge in [-0.25, -0.2) is 14.4 Å². The van der Waals surface area contributed by atoms with Crippen LogP contribution in [0.1, 0.15) is 36.3 Å². The van der Waals surface area contributed by atoms with E-state index >= 15 is 0 Å². The highest BCUT2D eigenvalue weighted by atomic mass is 19.1. The molecule has 1 aromatic heterocycles. The van der Waals surface area contributed by atoms with Gasteiger partial charge in [0.25, 0.3) is 5.91 Å². The van der Waals surface area contributed by atoms with E-state index in [9.17, 15) is 9.18 Å². The molecule has 1 heterocycles. The fraction of sp³-hybridized carbons (Fsp3) is 0.353. The first-order valence-electron chi connectivity index (χ1n) is 7.64. The van der Waals surface area contributed by atoms with Gasteiger partial charge in [0.2, 0.25) is 0 Å². The minimum Gasteiger partial charge on any atom is -0.366 e. The van der Waals surface area contributed by atoms with Crippen LogP contribution in [0.15, 0.2) is 36.7 Å². The smallest absolute Gasteiger partial charge is 0.270 e. The molecule has 0 aliphatic heterocycles. The van der Waals surface area contributed by atoms with Gasteiger partial charge in [0, 0.05) is 24.7 Å². The van der Waals surface area contributed by atoms with Crippen LogP contribution in [0.25, 0.3) is 0 Å². The molecule has 2 N–H and O–H groups in total. The van der Waals surface area contributed by atoms with Crippen molar-refractivity contribution in [1.29, 1.82) is 0 Å². The Balaban J connectivity index is 1.94. The van der Waals surface area contributed by atoms with Gasteiger partial charge in [-0.2, -0.15) is 0 Å². The third-order valence-corrected chi connectivity index (χ3v) is 3.32. The summed E-state index contributed by atoms with van der Waals surface area (Å²) in [5.41, 5.74) is 0.828. The number of aromatic nitrogens is 2. The molecule has 5 nitrogen and oxygen atoms in total. The van der Waals surface area contributed by atoms with E-state index in [1.807, 2.05) is 0 Å². The summed E-state index contributed by atoms with van der Waals surface area (Å²) < 4.78 is 13.6. The third kappa shape index (κ3) is 5.32. The van der Waals surface area contributed by atoms with Crippen molar-refractivity contribution in [2.24, 2.45) is 5.92 Å². The second-order valence-electron chi connectivity index (χ2n) is 5.67. The van der Waals surface area contributed by atoms with E-state index in [0.29, 0.717) is 29.5 Å². The zero-order valence-corrected chi connectivity index (χ0v) is 13.3. The van der Waals surface area contributed by atoms with Crippen molar-refractivity contribution in [1.82, 2.24) is 15.3 Å². The lowest BCUT2D eigenvalue weighted by Crippen LogP contribution is -2.26. The van der Waals surface area contributed by atoms with E-state index in [4.69, 9.17) is 0 Å². The zero-order chi connectivity index (χ0) is 16.7. The van der Waals surface area contributed by atoms with E-state index in [0.717, 1.165) is 6.42 Å². The van der Waals surface area contributed by atoms with Gasteiger partial charge in [0.15, 0.2) is 0 Å². The third-order valence-electron chi connectivity index (χ3n) is 3.32. The second-order valence-corrected chi connectivity index (χ2v) is 5.67. The summed E-state index contributed by atoms with van der Waals surface area (Å²) in [5, 5.41) is 5.82. The van der Waals surface area contributed by atoms with Crippen LogP contribution in [0.5, 0.6) is 0 Å². The molecule has 1 amide bonds. The molecule has 0 spiro atoms. The fourth-order valence-electron chi connectivity index (χ4n) is 1.97. The van der Waals surface area contributed by atoms with Crippen molar-refractivity contribution in [3.05, 3.63) is 53.7 Å². The molecule has 1 aromatic carbocycles. The molecule has 0 aliphatic rings. The Labute approximate surface area is 135 Å². The Kier molecular flexibility index (Phi) is 6.02. The van der Waals surface area contributed by atoms with Crippen LogP contribution >= 0.6 is 0 Å². The van der Waals surface area contributed by atoms with Crippen LogP contribution in [-0.4, -0.2) is 22.4 Å². The maximum absolute atomic E-state index is 13.6. The number of carbonyl (C=O) groups excluding carboxylic acids is 1. The molecular weight excluding hydrogens is 295 g/mol. The maximum Gasteiger partial charge on any atom is 0.270 e. The summed E-state index contributed by atoms with van der Waals surface area (Å²) in [5.74, 6) is 0.499. The van der Waals surface area contributed by atoms with Crippen LogP contribution in [0.4, 0.5) is 10.2 Å². The molecule has 0 saturated heterocycles. The van der Waals surface area contributed by atoms with Crippen molar-refractivity contribution in [3.63, 3.8) is 0 Å². The second kappa shape index (κ2) is 8.22. The maximum atomic E-state index is 13.6. The van der Waals surface area contributed by atoms with Crippen molar-refractivity contribution < 1.29 is 9.18 Å². The highest BCUT2D eigenvalue weighted by Crippen LogP contribution is 2.10. The Bertz CT molecular complexity index is 661. The summed E-state index contributed by atoms with van der Waals surface area (Å²) >= 11 is 0. The number of amides is 1. The summed E-state index contributed by atoms with van der Waals surface area (Å²) in [6, 6.07) is 8.08. The Morgan fingerprint density at radius 2 is 2.04 bits per heavy atom. The highest BCUT2D eigenvalue weighted by molar-refractivity contribution is 5.92. The number of nitrogens with one attached hydrogen (secondary N) is 2. The fourth-order valence-corrected chi connectivity index (χ4v) is 1.97. The average molecular weight is 316 g/mol. The number of rotatable bonds is 7. The minimum absolute atomic E-state index is 0.234. The number of carbonyl (C=O) groups is 1. The topological polar surface area (TPSA) is 66.9 Å². The predicted molar refractivity (Wildman–Crippen MR) is 87.5 cm³/mol. The average Bonchev–Trinajstić information content (AvgIpc) is 2.54. The first-order valence-corrected chi connectivity index (χ1v) is 7.64. The largest absolute Gasteiger partial charge is 0.366 e. The Morgan fingerprint density at radius 1 is 1.26 bits per heavy atom. The predicted octanol–water partition coefficient (Wildman–Crippen LogP) is 3.00. The van der Waals surface area contributed by atoms with Crippen LogP contribution in [-0.2, 0) is 6.54 Å². The molecule has 2 aromatic rings. The van der Waals surface area contributed by atoms with E-state index in [2.05, 4.69) is 34.4 Å². The number of nitrogens with zero attached hydrogens (tertiary/aromatic N) is 2. The number of hydrogen-bond donors (Lipinski definition) is 2. The lowest BCUT2D eigenvalue weighted by Gasteiger charge is -2.09. The Hall–Kier alpha value is -2.50. The van der Waals surface area contributed by atoms with Gasteiger partial charge in [-0.05, 0) is 18.4 Å². The molecule has 0 aliphatic carbocycles. The van der Waals surface area contributed by atoms with Gasteiger partial charge in [0.05, 0.1) is 0 Å². The van der Waals surface area contributed by atoms with Gasteiger partial charge in [-0.1, -0.05) is 32.0 Å².